The zero-order valence-corrected chi connectivity index (χ0v) is 24.5. The van der Waals surface area contributed by atoms with E-state index in [1.807, 2.05) is 67.8 Å². The first-order chi connectivity index (χ1) is 21.7. The molecule has 2 aliphatic rings. The number of aromatic nitrogens is 3. The molecule has 5 nitrogen and oxygen atoms in total. The third-order valence-corrected chi connectivity index (χ3v) is 7.98. The zero-order chi connectivity index (χ0) is 29.9. The summed E-state index contributed by atoms with van der Waals surface area (Å²) in [5.41, 5.74) is 8.53. The van der Waals surface area contributed by atoms with Crippen LogP contribution in [0.2, 0.25) is 0 Å². The highest BCUT2D eigenvalue weighted by atomic mass is 15.3. The van der Waals surface area contributed by atoms with E-state index in [1.54, 1.807) is 6.08 Å². The number of aliphatic imine (C=N–C) groups is 1. The van der Waals surface area contributed by atoms with Crippen LogP contribution in [0.5, 0.6) is 0 Å². The smallest absolute Gasteiger partial charge is 0.164 e. The fraction of sp³-hybridized carbons (Fsp3) is 0.0769. The van der Waals surface area contributed by atoms with E-state index >= 15 is 0 Å². The fourth-order valence-corrected chi connectivity index (χ4v) is 5.86. The minimum absolute atomic E-state index is 0.00805. The molecule has 0 aliphatic carbocycles. The molecule has 0 saturated carbocycles. The number of fused-ring (bicyclic) bond motifs is 3. The molecule has 0 N–H and O–H groups in total. The molecule has 1 aromatic heterocycles. The molecule has 2 aliphatic heterocycles. The summed E-state index contributed by atoms with van der Waals surface area (Å²) in [6, 6.07) is 35.7. The van der Waals surface area contributed by atoms with Gasteiger partial charge in [0.1, 0.15) is 6.17 Å². The Morgan fingerprint density at radius 2 is 1.45 bits per heavy atom. The number of allylic oxidation sites excluding steroid dienone is 6. The Morgan fingerprint density at radius 1 is 0.750 bits per heavy atom. The average Bonchev–Trinajstić information content (AvgIpc) is 3.43. The van der Waals surface area contributed by atoms with E-state index < -0.39 is 0 Å². The van der Waals surface area contributed by atoms with Crippen molar-refractivity contribution in [3.05, 3.63) is 158 Å². The van der Waals surface area contributed by atoms with Gasteiger partial charge in [0.2, 0.25) is 0 Å². The van der Waals surface area contributed by atoms with Crippen molar-refractivity contribution in [3.8, 4) is 33.9 Å². The van der Waals surface area contributed by atoms with Crippen molar-refractivity contribution in [2.45, 2.75) is 19.0 Å². The molecule has 2 unspecified atom stereocenters. The van der Waals surface area contributed by atoms with Crippen LogP contribution in [0.4, 0.5) is 11.4 Å². The van der Waals surface area contributed by atoms with E-state index in [0.717, 1.165) is 33.5 Å². The van der Waals surface area contributed by atoms with Crippen LogP contribution in [0.15, 0.2) is 151 Å². The van der Waals surface area contributed by atoms with Gasteiger partial charge < -0.3 is 4.90 Å². The Hall–Kier alpha value is -5.68. The minimum Gasteiger partial charge on any atom is -0.318 e. The normalized spacial score (nSPS) is 17.1. The standard InChI is InChI=1S/C39H31N5/c1-3-5-14-27(4-2)36-41-37(28-15-8-6-9-16-28)43-38(42-36)31-18-12-17-29(25-31)30-22-23-35-34(26-30)33-21-13-24-40-39(33)44(35)32-19-10-7-11-20-32/h3-26,33,39H,2H2,1H3/b5-3-,27-14+. The van der Waals surface area contributed by atoms with Gasteiger partial charge >= 0.3 is 0 Å². The Kier molecular flexibility index (Phi) is 7.35. The van der Waals surface area contributed by atoms with Crippen LogP contribution in [-0.4, -0.2) is 27.3 Å². The topological polar surface area (TPSA) is 54.3 Å². The number of nitrogens with zero attached hydrogens (tertiary/aromatic N) is 5. The lowest BCUT2D eigenvalue weighted by molar-refractivity contribution is 0.659. The second kappa shape index (κ2) is 11.9. The maximum absolute atomic E-state index is 4.93. The summed E-state index contributed by atoms with van der Waals surface area (Å²) in [6.07, 6.45) is 13.9. The lowest BCUT2D eigenvalue weighted by Gasteiger charge is -2.27. The van der Waals surface area contributed by atoms with E-state index in [9.17, 15) is 0 Å². The predicted octanol–water partition coefficient (Wildman–Crippen LogP) is 9.22. The van der Waals surface area contributed by atoms with Gasteiger partial charge in [-0.3, -0.25) is 4.99 Å². The predicted molar refractivity (Wildman–Crippen MR) is 182 cm³/mol. The van der Waals surface area contributed by atoms with Crippen molar-refractivity contribution >= 4 is 23.2 Å². The number of rotatable bonds is 7. The molecule has 44 heavy (non-hydrogen) atoms. The van der Waals surface area contributed by atoms with Gasteiger partial charge in [-0.25, -0.2) is 15.0 Å². The van der Waals surface area contributed by atoms with Crippen molar-refractivity contribution < 1.29 is 0 Å². The van der Waals surface area contributed by atoms with Crippen LogP contribution < -0.4 is 4.90 Å². The number of para-hydroxylation sites is 1. The Balaban J connectivity index is 1.31. The highest BCUT2D eigenvalue weighted by molar-refractivity contribution is 5.83. The summed E-state index contributed by atoms with van der Waals surface area (Å²) in [4.78, 5) is 21.9. The SMILES string of the molecule is C=C/C(=C\C=C/C)c1nc(-c2ccccc2)nc(-c2cccc(-c3ccc4c(c3)C3C=CC=NC3N4c3ccccc3)c2)n1. The second-order valence-corrected chi connectivity index (χ2v) is 10.7. The van der Waals surface area contributed by atoms with Crippen molar-refractivity contribution in [3.63, 3.8) is 0 Å². The fourth-order valence-electron chi connectivity index (χ4n) is 5.86. The molecular weight excluding hydrogens is 538 g/mol. The number of hydrogen-bond acceptors (Lipinski definition) is 5. The molecule has 4 aromatic carbocycles. The molecule has 212 valence electrons. The van der Waals surface area contributed by atoms with Crippen LogP contribution in [0.3, 0.4) is 0 Å². The lowest BCUT2D eigenvalue weighted by atomic mass is 9.93. The van der Waals surface area contributed by atoms with Crippen LogP contribution in [0, 0.1) is 0 Å². The third kappa shape index (κ3) is 5.09. The molecule has 2 atom stereocenters. The number of benzene rings is 4. The molecule has 5 aromatic rings. The summed E-state index contributed by atoms with van der Waals surface area (Å²) in [7, 11) is 0. The van der Waals surface area contributed by atoms with Gasteiger partial charge in [-0.05, 0) is 60.0 Å². The van der Waals surface area contributed by atoms with Crippen molar-refractivity contribution in [1.82, 2.24) is 15.0 Å². The first-order valence-electron chi connectivity index (χ1n) is 14.8. The highest BCUT2D eigenvalue weighted by Gasteiger charge is 2.38. The van der Waals surface area contributed by atoms with E-state index in [2.05, 4.69) is 90.4 Å². The molecule has 3 heterocycles. The Bertz CT molecular complexity index is 1950. The van der Waals surface area contributed by atoms with Crippen LogP contribution >= 0.6 is 0 Å². The molecule has 0 bridgehead atoms. The van der Waals surface area contributed by atoms with E-state index in [1.165, 1.54) is 11.3 Å². The number of hydrogen-bond donors (Lipinski definition) is 0. The van der Waals surface area contributed by atoms with Gasteiger partial charge in [-0.15, -0.1) is 0 Å². The maximum atomic E-state index is 4.93. The first-order valence-corrected chi connectivity index (χ1v) is 14.8. The zero-order valence-electron chi connectivity index (χ0n) is 24.5. The van der Waals surface area contributed by atoms with Gasteiger partial charge in [-0.2, -0.15) is 0 Å². The second-order valence-electron chi connectivity index (χ2n) is 10.7. The first kappa shape index (κ1) is 27.2. The molecular formula is C39H31N5. The van der Waals surface area contributed by atoms with Crippen LogP contribution in [0.1, 0.15) is 24.2 Å². The van der Waals surface area contributed by atoms with Gasteiger partial charge in [0.15, 0.2) is 17.5 Å². The van der Waals surface area contributed by atoms with Crippen molar-refractivity contribution in [2.24, 2.45) is 4.99 Å². The molecule has 0 spiro atoms. The Labute approximate surface area is 258 Å². The molecule has 7 rings (SSSR count). The van der Waals surface area contributed by atoms with Crippen LogP contribution in [0.25, 0.3) is 39.5 Å². The van der Waals surface area contributed by atoms with Gasteiger partial charge in [0.05, 0.1) is 0 Å². The van der Waals surface area contributed by atoms with Crippen molar-refractivity contribution in [1.29, 1.82) is 0 Å². The van der Waals surface area contributed by atoms with Gasteiger partial charge in [-0.1, -0.05) is 110 Å². The van der Waals surface area contributed by atoms with E-state index in [4.69, 9.17) is 19.9 Å². The van der Waals surface area contributed by atoms with Crippen molar-refractivity contribution in [2.75, 3.05) is 4.90 Å². The van der Waals surface area contributed by atoms with Gasteiger partial charge in [0.25, 0.3) is 0 Å². The van der Waals surface area contributed by atoms with Gasteiger partial charge in [0, 0.05) is 40.2 Å². The Morgan fingerprint density at radius 3 is 2.23 bits per heavy atom. The van der Waals surface area contributed by atoms with Crippen LogP contribution in [-0.2, 0) is 0 Å². The summed E-state index contributed by atoms with van der Waals surface area (Å²) < 4.78 is 0. The largest absolute Gasteiger partial charge is 0.318 e. The summed E-state index contributed by atoms with van der Waals surface area (Å²) in [5, 5.41) is 0. The molecule has 0 saturated heterocycles. The van der Waals surface area contributed by atoms with E-state index in [-0.39, 0.29) is 12.1 Å². The summed E-state index contributed by atoms with van der Waals surface area (Å²) in [6.45, 7) is 5.99. The van der Waals surface area contributed by atoms with E-state index in [0.29, 0.717) is 17.5 Å². The quantitative estimate of drug-likeness (QED) is 0.183. The molecule has 0 fully saturated rings. The highest BCUT2D eigenvalue weighted by Crippen LogP contribution is 2.48. The summed E-state index contributed by atoms with van der Waals surface area (Å²) in [5.74, 6) is 2.00. The maximum Gasteiger partial charge on any atom is 0.164 e. The monoisotopic (exact) mass is 569 g/mol. The average molecular weight is 570 g/mol. The lowest BCUT2D eigenvalue weighted by Crippen LogP contribution is -2.28. The number of anilines is 2. The third-order valence-electron chi connectivity index (χ3n) is 7.98. The minimum atomic E-state index is 0.00805. The summed E-state index contributed by atoms with van der Waals surface area (Å²) >= 11 is 0. The molecule has 0 amide bonds. The number of dihydropyridines is 1. The molecule has 0 radical (unpaired) electrons. The molecule has 5 heteroatoms.